The molecule has 0 spiro atoms. The van der Waals surface area contributed by atoms with Gasteiger partial charge in [0.25, 0.3) is 0 Å². The Morgan fingerprint density at radius 3 is 2.18 bits per heavy atom. The summed E-state index contributed by atoms with van der Waals surface area (Å²) < 4.78 is 43.3. The first-order chi connectivity index (χ1) is 16.3. The zero-order chi connectivity index (χ0) is 24.9. The number of unbranched alkanes of at least 4 members (excludes halogenated alkanes) is 2. The maximum atomic E-state index is 13.4. The Kier molecular flexibility index (Phi) is 11.7. The van der Waals surface area contributed by atoms with Crippen LogP contribution in [0, 0.1) is 5.92 Å². The molecule has 0 saturated carbocycles. The molecule has 0 N–H and O–H groups in total. The van der Waals surface area contributed by atoms with Crippen LogP contribution in [0.5, 0.6) is 11.5 Å². The van der Waals surface area contributed by atoms with Crippen molar-refractivity contribution < 1.29 is 27.8 Å². The SMILES string of the molecule is CCCC/C=C/[C@@H](C)COc1ccc(C(=O)Oc2ccc([C@H](COC(C)C)C(F)F)cc2)cc1. The predicted molar refractivity (Wildman–Crippen MR) is 131 cm³/mol. The van der Waals surface area contributed by atoms with Crippen LogP contribution in [0.4, 0.5) is 8.78 Å². The quantitative estimate of drug-likeness (QED) is 0.124. The Morgan fingerprint density at radius 2 is 1.59 bits per heavy atom. The predicted octanol–water partition coefficient (Wildman–Crippen LogP) is 7.44. The molecule has 4 nitrogen and oxygen atoms in total. The summed E-state index contributed by atoms with van der Waals surface area (Å²) in [6.07, 6.45) is 5.13. The third-order valence-electron chi connectivity index (χ3n) is 5.22. The number of carbonyl (C=O) groups is 1. The lowest BCUT2D eigenvalue weighted by molar-refractivity contribution is 0.0175. The van der Waals surface area contributed by atoms with Crippen LogP contribution in [0.15, 0.2) is 60.7 Å². The topological polar surface area (TPSA) is 44.8 Å². The van der Waals surface area contributed by atoms with Crippen molar-refractivity contribution in [2.45, 2.75) is 65.4 Å². The van der Waals surface area contributed by atoms with Crippen molar-refractivity contribution in [3.8, 4) is 11.5 Å². The summed E-state index contributed by atoms with van der Waals surface area (Å²) in [5.41, 5.74) is 0.811. The second kappa shape index (κ2) is 14.5. The first kappa shape index (κ1) is 27.5. The first-order valence-corrected chi connectivity index (χ1v) is 11.9. The number of hydrogen-bond acceptors (Lipinski definition) is 4. The highest BCUT2D eigenvalue weighted by Gasteiger charge is 2.23. The van der Waals surface area contributed by atoms with Crippen molar-refractivity contribution in [1.82, 2.24) is 0 Å². The van der Waals surface area contributed by atoms with Crippen molar-refractivity contribution in [3.05, 3.63) is 71.8 Å². The van der Waals surface area contributed by atoms with Crippen LogP contribution < -0.4 is 9.47 Å². The lowest BCUT2D eigenvalue weighted by atomic mass is 10.0. The molecular weight excluding hydrogens is 438 g/mol. The van der Waals surface area contributed by atoms with E-state index in [1.807, 2.05) is 0 Å². The molecule has 0 aromatic heterocycles. The summed E-state index contributed by atoms with van der Waals surface area (Å²) in [6, 6.07) is 12.9. The van der Waals surface area contributed by atoms with Gasteiger partial charge in [-0.2, -0.15) is 0 Å². The standard InChI is InChI=1S/C28H36F2O4/c1-5-6-7-8-9-21(4)18-33-24-14-12-23(13-15-24)28(31)34-25-16-10-22(11-17-25)26(27(29)30)19-32-20(2)3/h8-17,20-21,26-27H,5-7,18-19H2,1-4H3/b9-8+/t21-,26+/m1/s1. The fraction of sp³-hybridized carbons (Fsp3) is 0.464. The Hall–Kier alpha value is -2.73. The number of ether oxygens (including phenoxy) is 3. The van der Waals surface area contributed by atoms with E-state index >= 15 is 0 Å². The van der Waals surface area contributed by atoms with E-state index in [0.717, 1.165) is 6.42 Å². The molecule has 0 aliphatic rings. The minimum absolute atomic E-state index is 0.0726. The van der Waals surface area contributed by atoms with Crippen LogP contribution in [0.25, 0.3) is 0 Å². The highest BCUT2D eigenvalue weighted by molar-refractivity contribution is 5.91. The fourth-order valence-corrected chi connectivity index (χ4v) is 3.18. The van der Waals surface area contributed by atoms with E-state index in [1.165, 1.54) is 37.1 Å². The van der Waals surface area contributed by atoms with Gasteiger partial charge < -0.3 is 14.2 Å². The summed E-state index contributed by atoms with van der Waals surface area (Å²) >= 11 is 0. The molecule has 0 aliphatic heterocycles. The zero-order valence-corrected chi connectivity index (χ0v) is 20.5. The number of allylic oxidation sites excluding steroid dienone is 1. The molecule has 2 atom stereocenters. The van der Waals surface area contributed by atoms with Gasteiger partial charge in [-0.3, -0.25) is 0 Å². The summed E-state index contributed by atoms with van der Waals surface area (Å²) in [6.45, 7) is 8.36. The van der Waals surface area contributed by atoms with Crippen LogP contribution >= 0.6 is 0 Å². The van der Waals surface area contributed by atoms with Crippen LogP contribution in [-0.2, 0) is 4.74 Å². The zero-order valence-electron chi connectivity index (χ0n) is 20.5. The Balaban J connectivity index is 1.88. The molecule has 0 aliphatic carbocycles. The van der Waals surface area contributed by atoms with Crippen molar-refractivity contribution in [3.63, 3.8) is 0 Å². The number of halogens is 2. The van der Waals surface area contributed by atoms with Crippen molar-refractivity contribution in [2.24, 2.45) is 5.92 Å². The second-order valence-electron chi connectivity index (χ2n) is 8.66. The van der Waals surface area contributed by atoms with E-state index in [-0.39, 0.29) is 18.5 Å². The maximum Gasteiger partial charge on any atom is 0.343 e. The van der Waals surface area contributed by atoms with Gasteiger partial charge in [0.1, 0.15) is 11.5 Å². The average Bonchev–Trinajstić information content (AvgIpc) is 2.81. The molecule has 0 fully saturated rings. The highest BCUT2D eigenvalue weighted by atomic mass is 19.3. The molecule has 0 heterocycles. The highest BCUT2D eigenvalue weighted by Crippen LogP contribution is 2.26. The smallest absolute Gasteiger partial charge is 0.343 e. The molecule has 2 rings (SSSR count). The monoisotopic (exact) mass is 474 g/mol. The molecule has 0 bridgehead atoms. The van der Waals surface area contributed by atoms with Gasteiger partial charge in [0, 0.05) is 5.92 Å². The molecule has 186 valence electrons. The van der Waals surface area contributed by atoms with Gasteiger partial charge in [-0.1, -0.05) is 51.0 Å². The number of esters is 1. The van der Waals surface area contributed by atoms with Crippen LogP contribution in [0.1, 0.15) is 68.8 Å². The Bertz CT molecular complexity index is 876. The molecule has 0 saturated heterocycles. The fourth-order valence-electron chi connectivity index (χ4n) is 3.18. The van der Waals surface area contributed by atoms with Gasteiger partial charge in [0.05, 0.1) is 30.8 Å². The van der Waals surface area contributed by atoms with Crippen LogP contribution in [0.2, 0.25) is 0 Å². The summed E-state index contributed by atoms with van der Waals surface area (Å²) in [5.74, 6) is -0.299. The lowest BCUT2D eigenvalue weighted by Gasteiger charge is -2.18. The van der Waals surface area contributed by atoms with Crippen LogP contribution in [-0.4, -0.2) is 31.7 Å². The number of rotatable bonds is 14. The van der Waals surface area contributed by atoms with Crippen molar-refractivity contribution >= 4 is 5.97 Å². The normalized spacial score (nSPS) is 13.4. The van der Waals surface area contributed by atoms with Gasteiger partial charge in [-0.25, -0.2) is 13.6 Å². The largest absolute Gasteiger partial charge is 0.493 e. The molecule has 0 radical (unpaired) electrons. The Labute approximate surface area is 201 Å². The lowest BCUT2D eigenvalue weighted by Crippen LogP contribution is -2.18. The molecule has 6 heteroatoms. The number of alkyl halides is 2. The number of benzene rings is 2. The van der Waals surface area contributed by atoms with E-state index in [9.17, 15) is 13.6 Å². The molecule has 2 aromatic rings. The van der Waals surface area contributed by atoms with Gasteiger partial charge in [-0.15, -0.1) is 0 Å². The summed E-state index contributed by atoms with van der Waals surface area (Å²) in [7, 11) is 0. The molecular formula is C28H36F2O4. The van der Waals surface area contributed by atoms with E-state index in [2.05, 4.69) is 26.0 Å². The van der Waals surface area contributed by atoms with E-state index in [4.69, 9.17) is 14.2 Å². The third-order valence-corrected chi connectivity index (χ3v) is 5.22. The van der Waals surface area contributed by atoms with Crippen LogP contribution in [0.3, 0.4) is 0 Å². The molecule has 0 amide bonds. The minimum atomic E-state index is -2.55. The molecule has 0 unspecified atom stereocenters. The number of hydrogen-bond donors (Lipinski definition) is 0. The van der Waals surface area contributed by atoms with Gasteiger partial charge >= 0.3 is 5.97 Å². The van der Waals surface area contributed by atoms with E-state index in [0.29, 0.717) is 29.4 Å². The minimum Gasteiger partial charge on any atom is -0.493 e. The van der Waals surface area contributed by atoms with Crippen molar-refractivity contribution in [1.29, 1.82) is 0 Å². The number of carbonyl (C=O) groups excluding carboxylic acids is 1. The molecule has 2 aromatic carbocycles. The maximum absolute atomic E-state index is 13.4. The Morgan fingerprint density at radius 1 is 0.941 bits per heavy atom. The van der Waals surface area contributed by atoms with Gasteiger partial charge in [0.2, 0.25) is 6.43 Å². The third kappa shape index (κ3) is 9.64. The summed E-state index contributed by atoms with van der Waals surface area (Å²) in [4.78, 5) is 12.5. The van der Waals surface area contributed by atoms with E-state index in [1.54, 1.807) is 38.1 Å². The van der Waals surface area contributed by atoms with E-state index < -0.39 is 18.3 Å². The summed E-state index contributed by atoms with van der Waals surface area (Å²) in [5, 5.41) is 0. The average molecular weight is 475 g/mol. The first-order valence-electron chi connectivity index (χ1n) is 11.9. The van der Waals surface area contributed by atoms with Crippen molar-refractivity contribution in [2.75, 3.05) is 13.2 Å². The van der Waals surface area contributed by atoms with Gasteiger partial charge in [-0.05, 0) is 62.2 Å². The second-order valence-corrected chi connectivity index (χ2v) is 8.66. The van der Waals surface area contributed by atoms with Gasteiger partial charge in [0.15, 0.2) is 0 Å². The molecule has 34 heavy (non-hydrogen) atoms.